The van der Waals surface area contributed by atoms with Crippen LogP contribution in [-0.4, -0.2) is 23.3 Å². The monoisotopic (exact) mass is 227 g/mol. The van der Waals surface area contributed by atoms with Crippen LogP contribution in [0.5, 0.6) is 0 Å². The zero-order valence-corrected chi connectivity index (χ0v) is 9.33. The zero-order chi connectivity index (χ0) is 10.3. The maximum Gasteiger partial charge on any atom is 0.318 e. The van der Waals surface area contributed by atoms with Crippen LogP contribution >= 0.6 is 11.6 Å². The van der Waals surface area contributed by atoms with Crippen molar-refractivity contribution in [2.45, 2.75) is 31.6 Å². The Kier molecular flexibility index (Phi) is 2.12. The van der Waals surface area contributed by atoms with E-state index in [9.17, 15) is 0 Å². The number of alkyl halides is 1. The largest absolute Gasteiger partial charge is 0.407 e. The fraction of sp³-hybridized carbons (Fsp3) is 0.800. The van der Waals surface area contributed by atoms with Crippen molar-refractivity contribution in [3.63, 3.8) is 0 Å². The van der Waals surface area contributed by atoms with Crippen LogP contribution in [0.2, 0.25) is 0 Å². The molecule has 4 nitrogen and oxygen atoms in total. The van der Waals surface area contributed by atoms with E-state index in [1.807, 2.05) is 0 Å². The summed E-state index contributed by atoms with van der Waals surface area (Å²) in [4.78, 5) is 2.20. The smallest absolute Gasteiger partial charge is 0.318 e. The molecule has 0 unspecified atom stereocenters. The molecule has 2 aliphatic rings. The summed E-state index contributed by atoms with van der Waals surface area (Å²) in [5.74, 6) is 0.813. The number of hydrogen-bond acceptors (Lipinski definition) is 4. The Balaban J connectivity index is 1.73. The van der Waals surface area contributed by atoms with Crippen LogP contribution in [0.1, 0.15) is 31.6 Å². The molecule has 1 aliphatic carbocycles. The van der Waals surface area contributed by atoms with E-state index in [1.165, 1.54) is 25.7 Å². The van der Waals surface area contributed by atoms with Crippen LogP contribution in [0.3, 0.4) is 0 Å². The number of hydrogen-bond donors (Lipinski definition) is 0. The normalized spacial score (nSPS) is 23.4. The average Bonchev–Trinajstić information content (AvgIpc) is 2.83. The van der Waals surface area contributed by atoms with Crippen molar-refractivity contribution in [3.05, 3.63) is 5.89 Å². The van der Waals surface area contributed by atoms with Gasteiger partial charge >= 0.3 is 6.01 Å². The van der Waals surface area contributed by atoms with Crippen LogP contribution in [0.4, 0.5) is 6.01 Å². The first kappa shape index (κ1) is 9.46. The summed E-state index contributed by atoms with van der Waals surface area (Å²) in [5.41, 5.74) is 0.565. The number of halogens is 1. The summed E-state index contributed by atoms with van der Waals surface area (Å²) < 4.78 is 5.45. The van der Waals surface area contributed by atoms with Gasteiger partial charge in [0.2, 0.25) is 5.89 Å². The summed E-state index contributed by atoms with van der Waals surface area (Å²) in [5, 5.41) is 7.90. The fourth-order valence-corrected chi connectivity index (χ4v) is 2.72. The van der Waals surface area contributed by atoms with Gasteiger partial charge in [-0.25, -0.2) is 0 Å². The molecule has 0 bridgehead atoms. The van der Waals surface area contributed by atoms with E-state index < -0.39 is 0 Å². The van der Waals surface area contributed by atoms with Gasteiger partial charge in [-0.15, -0.1) is 16.7 Å². The van der Waals surface area contributed by atoms with Crippen molar-refractivity contribution in [1.82, 2.24) is 10.2 Å². The zero-order valence-electron chi connectivity index (χ0n) is 8.58. The first-order valence-corrected chi connectivity index (χ1v) is 5.98. The molecule has 1 aliphatic heterocycles. The van der Waals surface area contributed by atoms with Crippen molar-refractivity contribution >= 4 is 17.6 Å². The molecule has 2 heterocycles. The predicted molar refractivity (Wildman–Crippen MR) is 57.0 cm³/mol. The summed E-state index contributed by atoms with van der Waals surface area (Å²) in [6.45, 7) is 2.13. The molecular formula is C10H14ClN3O. The van der Waals surface area contributed by atoms with Gasteiger partial charge in [-0.1, -0.05) is 11.5 Å². The van der Waals surface area contributed by atoms with Crippen molar-refractivity contribution < 1.29 is 4.42 Å². The highest BCUT2D eigenvalue weighted by Crippen LogP contribution is 2.48. The molecule has 1 spiro atoms. The van der Waals surface area contributed by atoms with Gasteiger partial charge in [0.15, 0.2) is 0 Å². The Morgan fingerprint density at radius 1 is 1.33 bits per heavy atom. The highest BCUT2D eigenvalue weighted by Gasteiger charge is 2.43. The Bertz CT molecular complexity index is 361. The number of rotatable bonds is 2. The minimum Gasteiger partial charge on any atom is -0.407 e. The molecule has 0 aromatic carbocycles. The summed E-state index contributed by atoms with van der Waals surface area (Å²) >= 11 is 5.63. The quantitative estimate of drug-likeness (QED) is 0.727. The molecule has 3 rings (SSSR count). The second-order valence-corrected chi connectivity index (χ2v) is 4.90. The molecule has 1 saturated carbocycles. The molecule has 2 fully saturated rings. The minimum atomic E-state index is 0.298. The van der Waals surface area contributed by atoms with E-state index in [0.29, 0.717) is 23.2 Å². The molecule has 15 heavy (non-hydrogen) atoms. The Morgan fingerprint density at radius 2 is 2.20 bits per heavy atom. The molecule has 1 aromatic heterocycles. The van der Waals surface area contributed by atoms with E-state index in [4.69, 9.17) is 16.0 Å². The van der Waals surface area contributed by atoms with Gasteiger partial charge in [0.1, 0.15) is 5.88 Å². The van der Waals surface area contributed by atoms with Gasteiger partial charge in [0.25, 0.3) is 0 Å². The van der Waals surface area contributed by atoms with Crippen LogP contribution in [0, 0.1) is 5.41 Å². The van der Waals surface area contributed by atoms with E-state index in [2.05, 4.69) is 15.1 Å². The number of aromatic nitrogens is 2. The third kappa shape index (κ3) is 1.51. The van der Waals surface area contributed by atoms with Crippen molar-refractivity contribution in [1.29, 1.82) is 0 Å². The first-order valence-electron chi connectivity index (χ1n) is 5.45. The highest BCUT2D eigenvalue weighted by atomic mass is 35.5. The standard InChI is InChI=1S/C10H14ClN3O/c11-6-8-12-13-9(15-8)14-5-4-10(7-14)2-1-3-10/h1-7H2. The lowest BCUT2D eigenvalue weighted by Crippen LogP contribution is -2.33. The van der Waals surface area contributed by atoms with Crippen LogP contribution in [0.25, 0.3) is 0 Å². The lowest BCUT2D eigenvalue weighted by Gasteiger charge is -2.37. The highest BCUT2D eigenvalue weighted by molar-refractivity contribution is 6.16. The average molecular weight is 228 g/mol. The number of nitrogens with zero attached hydrogens (tertiary/aromatic N) is 3. The third-order valence-corrected chi connectivity index (χ3v) is 3.92. The summed E-state index contributed by atoms with van der Waals surface area (Å²) in [6, 6.07) is 0.648. The minimum absolute atomic E-state index is 0.298. The van der Waals surface area contributed by atoms with Crippen LogP contribution in [0.15, 0.2) is 4.42 Å². The second kappa shape index (κ2) is 3.37. The van der Waals surface area contributed by atoms with Gasteiger partial charge < -0.3 is 9.32 Å². The van der Waals surface area contributed by atoms with Crippen molar-refractivity contribution in [3.8, 4) is 0 Å². The molecule has 0 radical (unpaired) electrons. The Morgan fingerprint density at radius 3 is 2.73 bits per heavy atom. The molecule has 5 heteroatoms. The SMILES string of the molecule is ClCc1nnc(N2CCC3(CCC3)C2)o1. The lowest BCUT2D eigenvalue weighted by atomic mass is 9.68. The van der Waals surface area contributed by atoms with E-state index in [0.717, 1.165) is 13.1 Å². The second-order valence-electron chi connectivity index (χ2n) is 4.64. The Hall–Kier alpha value is -0.770. The van der Waals surface area contributed by atoms with Crippen molar-refractivity contribution in [2.75, 3.05) is 18.0 Å². The number of anilines is 1. The molecule has 0 N–H and O–H groups in total. The first-order chi connectivity index (χ1) is 7.31. The summed E-state index contributed by atoms with van der Waals surface area (Å²) in [7, 11) is 0. The van der Waals surface area contributed by atoms with E-state index in [1.54, 1.807) is 0 Å². The maximum absolute atomic E-state index is 5.63. The van der Waals surface area contributed by atoms with E-state index in [-0.39, 0.29) is 0 Å². The molecular weight excluding hydrogens is 214 g/mol. The van der Waals surface area contributed by atoms with Gasteiger partial charge in [-0.2, -0.15) is 0 Å². The molecule has 82 valence electrons. The van der Waals surface area contributed by atoms with Gasteiger partial charge in [-0.3, -0.25) is 0 Å². The third-order valence-electron chi connectivity index (χ3n) is 3.69. The summed E-state index contributed by atoms with van der Waals surface area (Å²) in [6.07, 6.45) is 5.37. The molecule has 1 saturated heterocycles. The van der Waals surface area contributed by atoms with E-state index >= 15 is 0 Å². The van der Waals surface area contributed by atoms with Crippen molar-refractivity contribution in [2.24, 2.45) is 5.41 Å². The van der Waals surface area contributed by atoms with Gasteiger partial charge in [0.05, 0.1) is 0 Å². The van der Waals surface area contributed by atoms with Gasteiger partial charge in [0, 0.05) is 13.1 Å². The molecule has 0 atom stereocenters. The topological polar surface area (TPSA) is 42.2 Å². The predicted octanol–water partition coefficient (Wildman–Crippen LogP) is 2.19. The molecule has 0 amide bonds. The lowest BCUT2D eigenvalue weighted by molar-refractivity contribution is 0.165. The van der Waals surface area contributed by atoms with Crippen LogP contribution < -0.4 is 4.90 Å². The fourth-order valence-electron chi connectivity index (χ4n) is 2.61. The molecule has 1 aromatic rings. The maximum atomic E-state index is 5.63. The Labute approximate surface area is 93.6 Å². The van der Waals surface area contributed by atoms with Gasteiger partial charge in [-0.05, 0) is 24.7 Å². The van der Waals surface area contributed by atoms with Crippen LogP contribution in [-0.2, 0) is 5.88 Å².